The Morgan fingerprint density at radius 2 is 1.91 bits per heavy atom. The zero-order valence-corrected chi connectivity index (χ0v) is 17.8. The van der Waals surface area contributed by atoms with E-state index in [1.54, 1.807) is 6.07 Å². The Morgan fingerprint density at radius 3 is 2.69 bits per heavy atom. The average molecular weight is 445 g/mol. The molecule has 0 aliphatic heterocycles. The van der Waals surface area contributed by atoms with Gasteiger partial charge in [0.25, 0.3) is 0 Å². The highest BCUT2D eigenvalue weighted by Crippen LogP contribution is 2.34. The van der Waals surface area contributed by atoms with Crippen LogP contribution in [0.3, 0.4) is 0 Å². The van der Waals surface area contributed by atoms with Crippen LogP contribution in [0.4, 0.5) is 0 Å². The van der Waals surface area contributed by atoms with Gasteiger partial charge in [0.05, 0.1) is 12.8 Å². The van der Waals surface area contributed by atoms with Gasteiger partial charge in [-0.15, -0.1) is 0 Å². The molecule has 7 nitrogen and oxygen atoms in total. The number of fused-ring (bicyclic) bond motifs is 3. The number of halogens is 1. The second-order valence-corrected chi connectivity index (χ2v) is 7.48. The van der Waals surface area contributed by atoms with Crippen LogP contribution in [0.2, 0.25) is 5.02 Å². The number of esters is 1. The molecule has 0 bridgehead atoms. The van der Waals surface area contributed by atoms with Gasteiger partial charge in [0.1, 0.15) is 18.5 Å². The Hall–Kier alpha value is -3.97. The molecule has 0 atom stereocenters. The maximum Gasteiger partial charge on any atom is 0.360 e. The Kier molecular flexibility index (Phi) is 5.17. The van der Waals surface area contributed by atoms with E-state index >= 15 is 0 Å². The van der Waals surface area contributed by atoms with E-state index in [-0.39, 0.29) is 12.3 Å². The van der Waals surface area contributed by atoms with E-state index in [1.807, 2.05) is 60.7 Å². The summed E-state index contributed by atoms with van der Waals surface area (Å²) < 4.78 is 12.6. The van der Waals surface area contributed by atoms with Gasteiger partial charge < -0.3 is 9.47 Å². The van der Waals surface area contributed by atoms with Crippen molar-refractivity contribution < 1.29 is 14.3 Å². The molecule has 8 heteroatoms. The summed E-state index contributed by atoms with van der Waals surface area (Å²) in [5, 5.41) is 5.48. The van der Waals surface area contributed by atoms with Crippen molar-refractivity contribution in [2.24, 2.45) is 0 Å². The van der Waals surface area contributed by atoms with Crippen LogP contribution in [-0.4, -0.2) is 32.7 Å². The Balaban J connectivity index is 1.73. The summed E-state index contributed by atoms with van der Waals surface area (Å²) in [5.41, 5.74) is 3.66. The number of hydrogen-bond donors (Lipinski definition) is 0. The molecule has 3 aromatic heterocycles. The standard InChI is InChI=1S/C24H17ClN4O3/c1-31-24(30)21-22(32-13-15-6-3-2-4-7-15)18-10-11-19(16-8-5-9-17(25)12-16)28-20(18)23-26-14-27-29(21)23/h2-12,14H,13H2,1H3. The Bertz CT molecular complexity index is 1450. The summed E-state index contributed by atoms with van der Waals surface area (Å²) in [7, 11) is 1.32. The van der Waals surface area contributed by atoms with E-state index in [2.05, 4.69) is 10.1 Å². The lowest BCUT2D eigenvalue weighted by atomic mass is 10.1. The van der Waals surface area contributed by atoms with E-state index in [1.165, 1.54) is 18.0 Å². The number of benzene rings is 2. The van der Waals surface area contributed by atoms with Gasteiger partial charge >= 0.3 is 5.97 Å². The van der Waals surface area contributed by atoms with Crippen LogP contribution in [0, 0.1) is 0 Å². The fourth-order valence-electron chi connectivity index (χ4n) is 3.56. The molecular formula is C24H17ClN4O3. The van der Waals surface area contributed by atoms with Gasteiger partial charge in [-0.25, -0.2) is 19.3 Å². The van der Waals surface area contributed by atoms with Gasteiger partial charge in [0.2, 0.25) is 0 Å². The molecule has 158 valence electrons. The molecular weight excluding hydrogens is 428 g/mol. The van der Waals surface area contributed by atoms with Crippen molar-refractivity contribution in [1.82, 2.24) is 19.6 Å². The lowest BCUT2D eigenvalue weighted by Crippen LogP contribution is -2.13. The topological polar surface area (TPSA) is 78.6 Å². The summed E-state index contributed by atoms with van der Waals surface area (Å²) in [6, 6.07) is 20.8. The van der Waals surface area contributed by atoms with Gasteiger partial charge in [-0.1, -0.05) is 54.1 Å². The van der Waals surface area contributed by atoms with Gasteiger partial charge in [-0.05, 0) is 29.8 Å². The van der Waals surface area contributed by atoms with Crippen LogP contribution >= 0.6 is 11.6 Å². The fraction of sp³-hybridized carbons (Fsp3) is 0.0833. The molecule has 0 amide bonds. The molecule has 2 aromatic carbocycles. The number of rotatable bonds is 5. The molecule has 5 rings (SSSR count). The summed E-state index contributed by atoms with van der Waals surface area (Å²) in [4.78, 5) is 21.9. The predicted molar refractivity (Wildman–Crippen MR) is 121 cm³/mol. The SMILES string of the molecule is COC(=O)c1c(OCc2ccccc2)c2ccc(-c3cccc(Cl)c3)nc2c2ncnn12. The Morgan fingerprint density at radius 1 is 1.06 bits per heavy atom. The molecule has 32 heavy (non-hydrogen) atoms. The first kappa shape index (κ1) is 20.0. The highest BCUT2D eigenvalue weighted by Gasteiger charge is 2.25. The minimum Gasteiger partial charge on any atom is -0.486 e. The average Bonchev–Trinajstić information content (AvgIpc) is 3.32. The normalized spacial score (nSPS) is 11.1. The second kappa shape index (κ2) is 8.28. The third-order valence-corrected chi connectivity index (χ3v) is 5.29. The first-order chi connectivity index (χ1) is 15.7. The van der Waals surface area contributed by atoms with Crippen LogP contribution in [0.15, 0.2) is 73.1 Å². The highest BCUT2D eigenvalue weighted by molar-refractivity contribution is 6.30. The fourth-order valence-corrected chi connectivity index (χ4v) is 3.75. The third-order valence-electron chi connectivity index (χ3n) is 5.05. The molecule has 0 aliphatic rings. The first-order valence-corrected chi connectivity index (χ1v) is 10.2. The molecule has 0 spiro atoms. The van der Waals surface area contributed by atoms with Gasteiger partial charge in [0.15, 0.2) is 17.1 Å². The Labute approximate surface area is 188 Å². The van der Waals surface area contributed by atoms with E-state index in [4.69, 9.17) is 26.1 Å². The molecule has 0 N–H and O–H groups in total. The van der Waals surface area contributed by atoms with Crippen LogP contribution in [0.1, 0.15) is 16.1 Å². The van der Waals surface area contributed by atoms with Gasteiger partial charge in [-0.3, -0.25) is 0 Å². The van der Waals surface area contributed by atoms with Crippen LogP contribution in [0.25, 0.3) is 27.8 Å². The maximum absolute atomic E-state index is 12.7. The van der Waals surface area contributed by atoms with Crippen molar-refractivity contribution in [3.63, 3.8) is 0 Å². The summed E-state index contributed by atoms with van der Waals surface area (Å²) in [6.07, 6.45) is 1.37. The molecule has 0 saturated heterocycles. The molecule has 0 unspecified atom stereocenters. The van der Waals surface area contributed by atoms with Crippen LogP contribution < -0.4 is 4.74 Å². The molecule has 3 heterocycles. The van der Waals surface area contributed by atoms with E-state index in [0.29, 0.717) is 33.0 Å². The minimum atomic E-state index is -0.579. The monoisotopic (exact) mass is 444 g/mol. The number of carbonyl (C=O) groups is 1. The summed E-state index contributed by atoms with van der Waals surface area (Å²) in [6.45, 7) is 0.260. The van der Waals surface area contributed by atoms with E-state index < -0.39 is 5.97 Å². The van der Waals surface area contributed by atoms with Crippen molar-refractivity contribution in [2.45, 2.75) is 6.61 Å². The zero-order chi connectivity index (χ0) is 22.1. The van der Waals surface area contributed by atoms with Crippen molar-refractivity contribution in [1.29, 1.82) is 0 Å². The molecule has 0 saturated carbocycles. The number of methoxy groups -OCH3 is 1. The summed E-state index contributed by atoms with van der Waals surface area (Å²) >= 11 is 6.16. The second-order valence-electron chi connectivity index (χ2n) is 7.04. The number of pyridine rings is 2. The summed E-state index contributed by atoms with van der Waals surface area (Å²) in [5.74, 6) is -0.247. The predicted octanol–water partition coefficient (Wildman–Crippen LogP) is 4.96. The van der Waals surface area contributed by atoms with E-state index in [0.717, 1.165) is 11.1 Å². The molecule has 0 fully saturated rings. The molecule has 5 aromatic rings. The third kappa shape index (κ3) is 3.52. The van der Waals surface area contributed by atoms with Crippen LogP contribution in [-0.2, 0) is 11.3 Å². The lowest BCUT2D eigenvalue weighted by Gasteiger charge is -2.15. The minimum absolute atomic E-state index is 0.153. The number of carbonyl (C=O) groups excluding carboxylic acids is 1. The van der Waals surface area contributed by atoms with Crippen molar-refractivity contribution in [3.8, 4) is 17.0 Å². The van der Waals surface area contributed by atoms with Crippen LogP contribution in [0.5, 0.6) is 5.75 Å². The van der Waals surface area contributed by atoms with Crippen molar-refractivity contribution in [3.05, 3.63) is 89.3 Å². The first-order valence-electron chi connectivity index (χ1n) is 9.83. The zero-order valence-electron chi connectivity index (χ0n) is 17.0. The highest BCUT2D eigenvalue weighted by atomic mass is 35.5. The van der Waals surface area contributed by atoms with E-state index in [9.17, 15) is 4.79 Å². The number of ether oxygens (including phenoxy) is 2. The maximum atomic E-state index is 12.7. The molecule has 0 aliphatic carbocycles. The quantitative estimate of drug-likeness (QED) is 0.356. The van der Waals surface area contributed by atoms with Crippen molar-refractivity contribution in [2.75, 3.05) is 7.11 Å². The van der Waals surface area contributed by atoms with Crippen molar-refractivity contribution >= 4 is 34.1 Å². The number of hydrogen-bond acceptors (Lipinski definition) is 6. The smallest absolute Gasteiger partial charge is 0.360 e. The number of aromatic nitrogens is 4. The molecule has 0 radical (unpaired) electrons. The number of nitrogens with zero attached hydrogens (tertiary/aromatic N) is 4. The van der Waals surface area contributed by atoms with Gasteiger partial charge in [-0.2, -0.15) is 5.10 Å². The lowest BCUT2D eigenvalue weighted by molar-refractivity contribution is 0.0585. The van der Waals surface area contributed by atoms with Gasteiger partial charge in [0, 0.05) is 16.0 Å². The largest absolute Gasteiger partial charge is 0.486 e.